The SMILES string of the molecule is CCC(CN1CCN(C)CC1)C(=O)OC. The maximum absolute atomic E-state index is 11.4. The van der Waals surface area contributed by atoms with Crippen LogP contribution in [-0.4, -0.2) is 62.7 Å². The lowest BCUT2D eigenvalue weighted by Crippen LogP contribution is -2.47. The summed E-state index contributed by atoms with van der Waals surface area (Å²) in [5, 5.41) is 0. The zero-order chi connectivity index (χ0) is 11.3. The van der Waals surface area contributed by atoms with Gasteiger partial charge in [-0.3, -0.25) is 9.69 Å². The fourth-order valence-corrected chi connectivity index (χ4v) is 1.88. The van der Waals surface area contributed by atoms with Crippen molar-refractivity contribution in [1.82, 2.24) is 9.80 Å². The molecule has 0 aromatic heterocycles. The standard InChI is InChI=1S/C11H22N2O2/c1-4-10(11(14)15-3)9-13-7-5-12(2)6-8-13/h10H,4-9H2,1-3H3. The molecule has 0 amide bonds. The quantitative estimate of drug-likeness (QED) is 0.636. The molecule has 0 N–H and O–H groups in total. The summed E-state index contributed by atoms with van der Waals surface area (Å²) in [6.45, 7) is 7.19. The molecule has 4 heteroatoms. The number of nitrogens with zero attached hydrogens (tertiary/aromatic N) is 2. The van der Waals surface area contributed by atoms with E-state index < -0.39 is 0 Å². The van der Waals surface area contributed by atoms with Gasteiger partial charge in [-0.25, -0.2) is 0 Å². The molecule has 1 heterocycles. The van der Waals surface area contributed by atoms with Crippen LogP contribution in [0.15, 0.2) is 0 Å². The molecule has 1 atom stereocenters. The zero-order valence-electron chi connectivity index (χ0n) is 10.0. The number of hydrogen-bond donors (Lipinski definition) is 0. The van der Waals surface area contributed by atoms with Crippen LogP contribution in [0.2, 0.25) is 0 Å². The number of methoxy groups -OCH3 is 1. The highest BCUT2D eigenvalue weighted by Gasteiger charge is 2.22. The Morgan fingerprint density at radius 2 is 1.93 bits per heavy atom. The van der Waals surface area contributed by atoms with E-state index in [0.29, 0.717) is 0 Å². The van der Waals surface area contributed by atoms with Gasteiger partial charge in [-0.05, 0) is 13.5 Å². The van der Waals surface area contributed by atoms with Gasteiger partial charge in [0.15, 0.2) is 0 Å². The third-order valence-corrected chi connectivity index (χ3v) is 3.10. The van der Waals surface area contributed by atoms with E-state index in [1.165, 1.54) is 7.11 Å². The average Bonchev–Trinajstić information content (AvgIpc) is 2.27. The van der Waals surface area contributed by atoms with Crippen LogP contribution in [0.1, 0.15) is 13.3 Å². The average molecular weight is 214 g/mol. The Kier molecular flexibility index (Phi) is 5.05. The van der Waals surface area contributed by atoms with E-state index in [-0.39, 0.29) is 11.9 Å². The van der Waals surface area contributed by atoms with Gasteiger partial charge in [0.1, 0.15) is 0 Å². The molecule has 1 fully saturated rings. The molecule has 15 heavy (non-hydrogen) atoms. The topological polar surface area (TPSA) is 32.8 Å². The Morgan fingerprint density at radius 3 is 2.40 bits per heavy atom. The molecule has 1 saturated heterocycles. The monoisotopic (exact) mass is 214 g/mol. The summed E-state index contributed by atoms with van der Waals surface area (Å²) in [6, 6.07) is 0. The molecule has 1 aliphatic heterocycles. The van der Waals surface area contributed by atoms with Gasteiger partial charge in [0.25, 0.3) is 0 Å². The number of piperazine rings is 1. The van der Waals surface area contributed by atoms with Crippen molar-refractivity contribution in [3.05, 3.63) is 0 Å². The van der Waals surface area contributed by atoms with E-state index >= 15 is 0 Å². The first-order valence-corrected chi connectivity index (χ1v) is 5.66. The molecule has 0 aromatic carbocycles. The van der Waals surface area contributed by atoms with Crippen molar-refractivity contribution in [2.45, 2.75) is 13.3 Å². The Bertz CT molecular complexity index is 201. The molecule has 0 aromatic rings. The predicted molar refractivity (Wildman–Crippen MR) is 59.7 cm³/mol. The van der Waals surface area contributed by atoms with Crippen molar-refractivity contribution in [2.24, 2.45) is 5.92 Å². The number of likely N-dealkylation sites (N-methyl/N-ethyl adjacent to an activating group) is 1. The normalized spacial score (nSPS) is 21.3. The Labute approximate surface area is 92.2 Å². The Hall–Kier alpha value is -0.610. The second-order valence-electron chi connectivity index (χ2n) is 4.23. The fourth-order valence-electron chi connectivity index (χ4n) is 1.88. The van der Waals surface area contributed by atoms with Crippen LogP contribution in [0.5, 0.6) is 0 Å². The minimum Gasteiger partial charge on any atom is -0.469 e. The molecule has 0 saturated carbocycles. The minimum atomic E-state index is -0.0728. The van der Waals surface area contributed by atoms with Crippen LogP contribution in [0.4, 0.5) is 0 Å². The molecule has 1 rings (SSSR count). The number of carbonyl (C=O) groups is 1. The smallest absolute Gasteiger partial charge is 0.309 e. The van der Waals surface area contributed by atoms with Gasteiger partial charge in [-0.1, -0.05) is 6.92 Å². The van der Waals surface area contributed by atoms with Gasteiger partial charge >= 0.3 is 5.97 Å². The van der Waals surface area contributed by atoms with Crippen LogP contribution in [0.3, 0.4) is 0 Å². The summed E-state index contributed by atoms with van der Waals surface area (Å²) in [4.78, 5) is 16.1. The van der Waals surface area contributed by atoms with E-state index in [9.17, 15) is 4.79 Å². The van der Waals surface area contributed by atoms with Gasteiger partial charge in [0.2, 0.25) is 0 Å². The summed E-state index contributed by atoms with van der Waals surface area (Å²) < 4.78 is 4.79. The molecular formula is C11H22N2O2. The molecular weight excluding hydrogens is 192 g/mol. The van der Waals surface area contributed by atoms with Gasteiger partial charge in [-0.2, -0.15) is 0 Å². The maximum atomic E-state index is 11.4. The fraction of sp³-hybridized carbons (Fsp3) is 0.909. The van der Waals surface area contributed by atoms with Crippen LogP contribution in [0, 0.1) is 5.92 Å². The second-order valence-corrected chi connectivity index (χ2v) is 4.23. The highest BCUT2D eigenvalue weighted by molar-refractivity contribution is 5.72. The van der Waals surface area contributed by atoms with E-state index in [1.807, 2.05) is 6.92 Å². The second kappa shape index (κ2) is 6.08. The summed E-state index contributed by atoms with van der Waals surface area (Å²) >= 11 is 0. The first kappa shape index (κ1) is 12.5. The highest BCUT2D eigenvalue weighted by atomic mass is 16.5. The third-order valence-electron chi connectivity index (χ3n) is 3.10. The predicted octanol–water partition coefficient (Wildman–Crippen LogP) is 0.433. The number of hydrogen-bond acceptors (Lipinski definition) is 4. The van der Waals surface area contributed by atoms with Crippen LogP contribution in [0.25, 0.3) is 0 Å². The zero-order valence-corrected chi connectivity index (χ0v) is 10.0. The first-order valence-electron chi connectivity index (χ1n) is 5.66. The first-order chi connectivity index (χ1) is 7.17. The van der Waals surface area contributed by atoms with Crippen molar-refractivity contribution in [3.8, 4) is 0 Å². The summed E-state index contributed by atoms with van der Waals surface area (Å²) in [5.74, 6) is -0.0326. The molecule has 0 spiro atoms. The molecule has 1 unspecified atom stereocenters. The van der Waals surface area contributed by atoms with Gasteiger partial charge in [0, 0.05) is 32.7 Å². The van der Waals surface area contributed by atoms with E-state index in [4.69, 9.17) is 4.74 Å². The molecule has 1 aliphatic rings. The molecule has 88 valence electrons. The van der Waals surface area contributed by atoms with Crippen molar-refractivity contribution >= 4 is 5.97 Å². The minimum absolute atomic E-state index is 0.0402. The molecule has 0 bridgehead atoms. The van der Waals surface area contributed by atoms with Crippen molar-refractivity contribution in [2.75, 3.05) is 46.9 Å². The third kappa shape index (κ3) is 3.80. The highest BCUT2D eigenvalue weighted by Crippen LogP contribution is 2.09. The van der Waals surface area contributed by atoms with E-state index in [1.54, 1.807) is 0 Å². The summed E-state index contributed by atoms with van der Waals surface area (Å²) in [7, 11) is 3.60. The largest absolute Gasteiger partial charge is 0.469 e. The van der Waals surface area contributed by atoms with Crippen LogP contribution < -0.4 is 0 Å². The van der Waals surface area contributed by atoms with Crippen LogP contribution in [-0.2, 0) is 9.53 Å². The van der Waals surface area contributed by atoms with Crippen molar-refractivity contribution in [3.63, 3.8) is 0 Å². The lowest BCUT2D eigenvalue weighted by Gasteiger charge is -2.33. The maximum Gasteiger partial charge on any atom is 0.309 e. The number of rotatable bonds is 4. The summed E-state index contributed by atoms with van der Waals surface area (Å²) in [5.41, 5.74) is 0. The van der Waals surface area contributed by atoms with E-state index in [2.05, 4.69) is 16.8 Å². The van der Waals surface area contributed by atoms with Gasteiger partial charge in [-0.15, -0.1) is 0 Å². The Morgan fingerprint density at radius 1 is 1.33 bits per heavy atom. The number of ether oxygens (including phenoxy) is 1. The van der Waals surface area contributed by atoms with Crippen LogP contribution >= 0.6 is 0 Å². The number of esters is 1. The van der Waals surface area contributed by atoms with E-state index in [0.717, 1.165) is 39.1 Å². The van der Waals surface area contributed by atoms with Gasteiger partial charge in [0.05, 0.1) is 13.0 Å². The Balaban J connectivity index is 2.35. The molecule has 0 aliphatic carbocycles. The molecule has 0 radical (unpaired) electrons. The molecule has 4 nitrogen and oxygen atoms in total. The number of carbonyl (C=O) groups excluding carboxylic acids is 1. The lowest BCUT2D eigenvalue weighted by atomic mass is 10.1. The summed E-state index contributed by atoms with van der Waals surface area (Å²) in [6.07, 6.45) is 0.860. The van der Waals surface area contributed by atoms with Gasteiger partial charge < -0.3 is 9.64 Å². The van der Waals surface area contributed by atoms with Crippen molar-refractivity contribution < 1.29 is 9.53 Å². The lowest BCUT2D eigenvalue weighted by molar-refractivity contribution is -0.146. The van der Waals surface area contributed by atoms with Crippen molar-refractivity contribution in [1.29, 1.82) is 0 Å².